The van der Waals surface area contributed by atoms with Gasteiger partial charge in [0.2, 0.25) is 0 Å². The molecule has 0 heterocycles. The van der Waals surface area contributed by atoms with Crippen LogP contribution in [-0.4, -0.2) is 22.8 Å². The van der Waals surface area contributed by atoms with Crippen LogP contribution in [0.4, 0.5) is 22.7 Å². The van der Waals surface area contributed by atoms with E-state index in [9.17, 15) is 20.8 Å². The van der Waals surface area contributed by atoms with Gasteiger partial charge in [0.25, 0.3) is 0 Å². The molecular weight excluding hydrogens is 360 g/mol. The van der Waals surface area contributed by atoms with Crippen molar-refractivity contribution in [1.29, 1.82) is 0 Å². The van der Waals surface area contributed by atoms with Gasteiger partial charge in [-0.2, -0.15) is 10.5 Å². The van der Waals surface area contributed by atoms with E-state index in [2.05, 4.69) is 9.98 Å². The molecule has 28 heavy (non-hydrogen) atoms. The molecule has 142 valence electrons. The predicted molar refractivity (Wildman–Crippen MR) is 105 cm³/mol. The minimum absolute atomic E-state index is 0.144. The normalized spacial score (nSPS) is 13.9. The highest BCUT2D eigenvalue weighted by Crippen LogP contribution is 2.21. The van der Waals surface area contributed by atoms with Crippen molar-refractivity contribution in [3.63, 3.8) is 0 Å². The Bertz CT molecular complexity index is 898. The third-order valence-electron chi connectivity index (χ3n) is 3.90. The average Bonchev–Trinajstić information content (AvgIpc) is 2.71. The van der Waals surface area contributed by atoms with Crippen molar-refractivity contribution < 1.29 is 20.9 Å². The lowest BCUT2D eigenvalue weighted by Gasteiger charge is -2.19. The second-order valence-electron chi connectivity index (χ2n) is 5.82. The van der Waals surface area contributed by atoms with E-state index in [1.807, 2.05) is 36.4 Å². The van der Waals surface area contributed by atoms with Crippen LogP contribution in [-0.2, 0) is 0 Å². The maximum atomic E-state index is 11.6. The second kappa shape index (κ2) is 9.11. The van der Waals surface area contributed by atoms with Crippen molar-refractivity contribution in [3.05, 3.63) is 94.3 Å². The summed E-state index contributed by atoms with van der Waals surface area (Å²) >= 11 is 0. The zero-order chi connectivity index (χ0) is 19.9. The summed E-state index contributed by atoms with van der Waals surface area (Å²) < 4.78 is 0. The fourth-order valence-corrected chi connectivity index (χ4v) is 2.53. The molecule has 0 amide bonds. The molecule has 4 N–H and O–H groups in total. The summed E-state index contributed by atoms with van der Waals surface area (Å²) in [5.41, 5.74) is 1.59. The number of aliphatic imine (C=N–C) groups is 2. The van der Waals surface area contributed by atoms with Gasteiger partial charge in [0.05, 0.1) is 28.6 Å². The Morgan fingerprint density at radius 1 is 0.643 bits per heavy atom. The number of nitrogens with one attached hydrogen (secondary N) is 2. The van der Waals surface area contributed by atoms with Crippen molar-refractivity contribution in [2.24, 2.45) is 9.98 Å². The average molecular weight is 378 g/mol. The van der Waals surface area contributed by atoms with Gasteiger partial charge in [-0.15, -0.1) is 0 Å². The largest absolute Gasteiger partial charge is 0.595 e. The Morgan fingerprint density at radius 2 is 1.04 bits per heavy atom. The third kappa shape index (κ3) is 4.93. The first-order valence-electron chi connectivity index (χ1n) is 8.37. The number of rotatable bonds is 6. The van der Waals surface area contributed by atoms with Crippen LogP contribution < -0.4 is 10.5 Å². The first-order valence-corrected chi connectivity index (χ1v) is 8.37. The van der Waals surface area contributed by atoms with E-state index in [4.69, 9.17) is 0 Å². The topological polar surface area (TPSA) is 120 Å². The quantitative estimate of drug-likeness (QED) is 0.387. The summed E-state index contributed by atoms with van der Waals surface area (Å²) in [6.07, 6.45) is 2.81. The van der Waals surface area contributed by atoms with Gasteiger partial charge < -0.3 is 10.4 Å². The Labute approximate surface area is 161 Å². The summed E-state index contributed by atoms with van der Waals surface area (Å²) in [7, 11) is 0. The first kappa shape index (κ1) is 19.5. The molecule has 3 rings (SSSR count). The van der Waals surface area contributed by atoms with E-state index < -0.39 is 10.5 Å². The number of benzene rings is 3. The van der Waals surface area contributed by atoms with Crippen molar-refractivity contribution in [3.8, 4) is 0 Å². The second-order valence-corrected chi connectivity index (χ2v) is 5.82. The highest BCUT2D eigenvalue weighted by molar-refractivity contribution is 5.95. The molecule has 8 nitrogen and oxygen atoms in total. The third-order valence-corrected chi connectivity index (χ3v) is 3.90. The van der Waals surface area contributed by atoms with E-state index in [1.54, 1.807) is 24.3 Å². The Hall–Kier alpha value is -3.24. The van der Waals surface area contributed by atoms with Crippen LogP contribution in [0.3, 0.4) is 0 Å². The van der Waals surface area contributed by atoms with Crippen molar-refractivity contribution in [1.82, 2.24) is 0 Å². The van der Waals surface area contributed by atoms with Gasteiger partial charge in [-0.05, 0) is 30.3 Å². The van der Waals surface area contributed by atoms with Gasteiger partial charge in [0.15, 0.2) is 11.4 Å². The molecule has 0 fully saturated rings. The van der Waals surface area contributed by atoms with Crippen LogP contribution in [0.25, 0.3) is 0 Å². The maximum absolute atomic E-state index is 11.6. The Morgan fingerprint density at radius 3 is 1.39 bits per heavy atom. The van der Waals surface area contributed by atoms with Gasteiger partial charge in [-0.3, -0.25) is 9.98 Å². The van der Waals surface area contributed by atoms with E-state index in [-0.39, 0.29) is 22.5 Å². The summed E-state index contributed by atoms with van der Waals surface area (Å²) in [5.74, 6) is 0. The molecule has 8 heteroatoms. The zero-order valence-electron chi connectivity index (χ0n) is 14.7. The standard InChI is InChI=1S/C20H18N4O4/c25-23(26)19-12-20(24(27)28)16(14-22-18-9-5-2-6-10-18)11-15(19)13-21-17-7-3-1-4-8-17/h1-14,23-25,27H. The van der Waals surface area contributed by atoms with Crippen molar-refractivity contribution in [2.45, 2.75) is 0 Å². The van der Waals surface area contributed by atoms with Crippen molar-refractivity contribution >= 4 is 35.2 Å². The van der Waals surface area contributed by atoms with E-state index in [0.717, 1.165) is 6.07 Å². The molecular formula is C20H18N4O4. The van der Waals surface area contributed by atoms with Crippen LogP contribution in [0.15, 0.2) is 82.8 Å². The van der Waals surface area contributed by atoms with Gasteiger partial charge >= 0.3 is 0 Å². The molecule has 0 saturated heterocycles. The van der Waals surface area contributed by atoms with Crippen LogP contribution in [0.1, 0.15) is 11.1 Å². The molecule has 0 spiro atoms. The molecule has 2 atom stereocenters. The molecule has 3 aromatic rings. The van der Waals surface area contributed by atoms with Gasteiger partial charge in [0.1, 0.15) is 0 Å². The number of hydrogen-bond acceptors (Lipinski definition) is 6. The van der Waals surface area contributed by atoms with Gasteiger partial charge in [-0.1, -0.05) is 36.4 Å². The summed E-state index contributed by atoms with van der Waals surface area (Å²) in [6.45, 7) is 0. The molecule has 0 aliphatic carbocycles. The monoisotopic (exact) mass is 378 g/mol. The fourth-order valence-electron chi connectivity index (χ4n) is 2.53. The lowest BCUT2D eigenvalue weighted by molar-refractivity contribution is -0.996. The molecule has 0 bridgehead atoms. The van der Waals surface area contributed by atoms with Crippen LogP contribution in [0, 0.1) is 10.4 Å². The zero-order valence-corrected chi connectivity index (χ0v) is 14.7. The van der Waals surface area contributed by atoms with Gasteiger partial charge in [-0.25, -0.2) is 10.4 Å². The summed E-state index contributed by atoms with van der Waals surface area (Å²) in [6, 6.07) is 20.7. The number of nitrogens with zero attached hydrogens (tertiary/aromatic N) is 2. The Balaban J connectivity index is 2.05. The number of para-hydroxylation sites is 2. The van der Waals surface area contributed by atoms with Crippen LogP contribution in [0.5, 0.6) is 0 Å². The molecule has 2 unspecified atom stereocenters. The molecule has 0 saturated carbocycles. The smallest absolute Gasteiger partial charge is 0.178 e. The molecule has 3 aromatic carbocycles. The minimum atomic E-state index is -1.23. The van der Waals surface area contributed by atoms with E-state index in [0.29, 0.717) is 11.4 Å². The number of hydrogen-bond donors (Lipinski definition) is 4. The Kier molecular flexibility index (Phi) is 6.35. The minimum Gasteiger partial charge on any atom is -0.595 e. The van der Waals surface area contributed by atoms with E-state index >= 15 is 0 Å². The maximum Gasteiger partial charge on any atom is 0.178 e. The first-order chi connectivity index (χ1) is 13.5. The SMILES string of the molecule is [O-][NH+](O)c1cc([NH+]([O-])O)c(C=Nc2ccccc2)cc1C=Nc1ccccc1. The lowest BCUT2D eigenvalue weighted by Crippen LogP contribution is -3.01. The highest BCUT2D eigenvalue weighted by Gasteiger charge is 2.17. The van der Waals surface area contributed by atoms with Crippen LogP contribution in [0.2, 0.25) is 0 Å². The molecule has 0 aromatic heterocycles. The van der Waals surface area contributed by atoms with Crippen LogP contribution >= 0.6 is 0 Å². The summed E-state index contributed by atoms with van der Waals surface area (Å²) in [5, 5.41) is 39.7. The number of quaternary nitrogens is 2. The van der Waals surface area contributed by atoms with E-state index in [1.165, 1.54) is 18.5 Å². The fraction of sp³-hybridized carbons (Fsp3) is 0. The summed E-state index contributed by atoms with van der Waals surface area (Å²) in [4.78, 5) is 8.55. The highest BCUT2D eigenvalue weighted by atomic mass is 16.8. The molecule has 0 radical (unpaired) electrons. The molecule has 0 aliphatic heterocycles. The predicted octanol–water partition coefficient (Wildman–Crippen LogP) is 1.99. The van der Waals surface area contributed by atoms with Crippen molar-refractivity contribution in [2.75, 3.05) is 0 Å². The molecule has 0 aliphatic rings. The lowest BCUT2D eigenvalue weighted by atomic mass is 10.1. The van der Waals surface area contributed by atoms with Gasteiger partial charge in [0, 0.05) is 12.4 Å².